The summed E-state index contributed by atoms with van der Waals surface area (Å²) in [5, 5.41) is 11.8. The minimum atomic E-state index is -0.965. The number of carbonyl (C=O) groups excluding carboxylic acids is 1. The van der Waals surface area contributed by atoms with Gasteiger partial charge in [-0.05, 0) is 36.2 Å². The third-order valence-corrected chi connectivity index (χ3v) is 3.69. The summed E-state index contributed by atoms with van der Waals surface area (Å²) in [6, 6.07) is 13.9. The number of amides is 1. The number of nitrogens with one attached hydrogen (secondary N) is 1. The van der Waals surface area contributed by atoms with Crippen LogP contribution in [0.4, 0.5) is 0 Å². The van der Waals surface area contributed by atoms with Crippen LogP contribution in [0.3, 0.4) is 0 Å². The largest absolute Gasteiger partial charge is 0.485 e. The topological polar surface area (TPSA) is 84.9 Å². The molecule has 0 fully saturated rings. The molecule has 1 aliphatic heterocycles. The van der Waals surface area contributed by atoms with Gasteiger partial charge in [0.2, 0.25) is 6.10 Å². The van der Waals surface area contributed by atoms with E-state index >= 15 is 0 Å². The maximum atomic E-state index is 12.2. The van der Waals surface area contributed by atoms with E-state index in [1.54, 1.807) is 24.3 Å². The van der Waals surface area contributed by atoms with Crippen molar-refractivity contribution >= 4 is 11.9 Å². The first-order valence-electron chi connectivity index (χ1n) is 7.62. The lowest BCUT2D eigenvalue weighted by Crippen LogP contribution is -2.44. The first kappa shape index (κ1) is 15.9. The molecule has 2 aromatic carbocycles. The molecule has 2 aromatic rings. The smallest absolute Gasteiger partial charge is 0.335 e. The molecule has 0 radical (unpaired) electrons. The number of hydrogen-bond acceptors (Lipinski definition) is 4. The van der Waals surface area contributed by atoms with Crippen LogP contribution < -0.4 is 14.8 Å². The predicted octanol–water partition coefficient (Wildman–Crippen LogP) is 1.88. The van der Waals surface area contributed by atoms with Crippen molar-refractivity contribution in [1.29, 1.82) is 0 Å². The van der Waals surface area contributed by atoms with Crippen LogP contribution in [-0.4, -0.2) is 36.2 Å². The molecule has 2 N–H and O–H groups in total. The second-order valence-corrected chi connectivity index (χ2v) is 5.41. The maximum Gasteiger partial charge on any atom is 0.335 e. The molecule has 24 heavy (non-hydrogen) atoms. The Balaban J connectivity index is 1.51. The van der Waals surface area contributed by atoms with Crippen molar-refractivity contribution < 1.29 is 24.2 Å². The van der Waals surface area contributed by atoms with E-state index in [-0.39, 0.29) is 18.1 Å². The average molecular weight is 327 g/mol. The van der Waals surface area contributed by atoms with E-state index in [4.69, 9.17) is 14.6 Å². The molecule has 0 aromatic heterocycles. The van der Waals surface area contributed by atoms with Gasteiger partial charge in [-0.2, -0.15) is 0 Å². The van der Waals surface area contributed by atoms with E-state index in [1.165, 1.54) is 6.07 Å². The van der Waals surface area contributed by atoms with Gasteiger partial charge in [-0.3, -0.25) is 4.79 Å². The Hall–Kier alpha value is -3.02. The summed E-state index contributed by atoms with van der Waals surface area (Å²) < 4.78 is 11.1. The standard InChI is InChI=1S/C18H17NO5/c20-17(16-11-23-14-6-1-2-7-15(14)24-16)19-9-8-12-4-3-5-13(10-12)18(21)22/h1-7,10,16H,8-9,11H2,(H,19,20)(H,21,22). The van der Waals surface area contributed by atoms with Crippen LogP contribution in [0, 0.1) is 0 Å². The van der Waals surface area contributed by atoms with Gasteiger partial charge in [-0.1, -0.05) is 24.3 Å². The van der Waals surface area contributed by atoms with Crippen molar-refractivity contribution in [3.05, 3.63) is 59.7 Å². The van der Waals surface area contributed by atoms with Crippen molar-refractivity contribution in [3.8, 4) is 11.5 Å². The van der Waals surface area contributed by atoms with Crippen LogP contribution in [0.15, 0.2) is 48.5 Å². The molecular formula is C18H17NO5. The number of para-hydroxylation sites is 2. The molecule has 6 heteroatoms. The Kier molecular flexibility index (Phi) is 4.65. The predicted molar refractivity (Wildman–Crippen MR) is 86.5 cm³/mol. The molecular weight excluding hydrogens is 310 g/mol. The zero-order chi connectivity index (χ0) is 16.9. The van der Waals surface area contributed by atoms with E-state index in [9.17, 15) is 9.59 Å². The lowest BCUT2D eigenvalue weighted by atomic mass is 10.1. The number of rotatable bonds is 5. The van der Waals surface area contributed by atoms with Gasteiger partial charge in [0.1, 0.15) is 6.61 Å². The minimum Gasteiger partial charge on any atom is -0.485 e. The number of benzene rings is 2. The number of ether oxygens (including phenoxy) is 2. The molecule has 124 valence electrons. The Morgan fingerprint density at radius 1 is 1.12 bits per heavy atom. The summed E-state index contributed by atoms with van der Waals surface area (Å²) in [4.78, 5) is 23.1. The fraction of sp³-hybridized carbons (Fsp3) is 0.222. The van der Waals surface area contributed by atoms with E-state index < -0.39 is 12.1 Å². The third-order valence-electron chi connectivity index (χ3n) is 3.69. The van der Waals surface area contributed by atoms with Gasteiger partial charge in [0.15, 0.2) is 11.5 Å². The van der Waals surface area contributed by atoms with Crippen LogP contribution in [0.5, 0.6) is 11.5 Å². The lowest BCUT2D eigenvalue weighted by Gasteiger charge is -2.25. The molecule has 1 atom stereocenters. The van der Waals surface area contributed by atoms with E-state index in [2.05, 4.69) is 5.32 Å². The lowest BCUT2D eigenvalue weighted by molar-refractivity contribution is -0.130. The van der Waals surface area contributed by atoms with Crippen molar-refractivity contribution in [2.24, 2.45) is 0 Å². The summed E-state index contributed by atoms with van der Waals surface area (Å²) in [7, 11) is 0. The zero-order valence-corrected chi connectivity index (χ0v) is 12.9. The number of carbonyl (C=O) groups is 2. The molecule has 1 amide bonds. The zero-order valence-electron chi connectivity index (χ0n) is 12.9. The Morgan fingerprint density at radius 3 is 2.71 bits per heavy atom. The van der Waals surface area contributed by atoms with Crippen molar-refractivity contribution in [2.75, 3.05) is 13.2 Å². The minimum absolute atomic E-state index is 0.164. The molecule has 0 bridgehead atoms. The molecule has 0 saturated carbocycles. The SMILES string of the molecule is O=C(O)c1cccc(CCNC(=O)C2COc3ccccc3O2)c1. The fourth-order valence-electron chi connectivity index (χ4n) is 2.45. The summed E-state index contributed by atoms with van der Waals surface area (Å²) in [5.74, 6) is -0.0312. The van der Waals surface area contributed by atoms with Crippen LogP contribution in [0.1, 0.15) is 15.9 Å². The number of carboxylic acid groups (broad SMARTS) is 1. The highest BCUT2D eigenvalue weighted by Gasteiger charge is 2.26. The first-order chi connectivity index (χ1) is 11.6. The molecule has 3 rings (SSSR count). The van der Waals surface area contributed by atoms with Crippen LogP contribution >= 0.6 is 0 Å². The number of carboxylic acids is 1. The second-order valence-electron chi connectivity index (χ2n) is 5.41. The molecule has 0 aliphatic carbocycles. The van der Waals surface area contributed by atoms with Crippen LogP contribution in [-0.2, 0) is 11.2 Å². The second kappa shape index (κ2) is 7.04. The fourth-order valence-corrected chi connectivity index (χ4v) is 2.45. The molecule has 0 spiro atoms. The molecule has 0 saturated heterocycles. The first-order valence-corrected chi connectivity index (χ1v) is 7.62. The van der Waals surface area contributed by atoms with Gasteiger partial charge < -0.3 is 19.9 Å². The third kappa shape index (κ3) is 3.65. The number of aromatic carboxylic acids is 1. The molecule has 6 nitrogen and oxygen atoms in total. The van der Waals surface area contributed by atoms with Gasteiger partial charge in [0, 0.05) is 6.54 Å². The van der Waals surface area contributed by atoms with Crippen LogP contribution in [0.2, 0.25) is 0 Å². The summed E-state index contributed by atoms with van der Waals surface area (Å²) in [6.07, 6.45) is -0.151. The van der Waals surface area contributed by atoms with Gasteiger partial charge in [-0.25, -0.2) is 4.79 Å². The van der Waals surface area contributed by atoms with Gasteiger partial charge in [-0.15, -0.1) is 0 Å². The molecule has 1 unspecified atom stereocenters. The highest BCUT2D eigenvalue weighted by atomic mass is 16.6. The van der Waals surface area contributed by atoms with Crippen molar-refractivity contribution in [2.45, 2.75) is 12.5 Å². The van der Waals surface area contributed by atoms with E-state index in [0.717, 1.165) is 5.56 Å². The molecule has 1 aliphatic rings. The highest BCUT2D eigenvalue weighted by Crippen LogP contribution is 2.30. The number of hydrogen-bond donors (Lipinski definition) is 2. The van der Waals surface area contributed by atoms with E-state index in [1.807, 2.05) is 18.2 Å². The van der Waals surface area contributed by atoms with Gasteiger partial charge in [0.25, 0.3) is 5.91 Å². The summed E-state index contributed by atoms with van der Waals surface area (Å²) in [5.41, 5.74) is 1.08. The summed E-state index contributed by atoms with van der Waals surface area (Å²) >= 11 is 0. The van der Waals surface area contributed by atoms with E-state index in [0.29, 0.717) is 24.5 Å². The van der Waals surface area contributed by atoms with Gasteiger partial charge in [0.05, 0.1) is 5.56 Å². The van der Waals surface area contributed by atoms with Gasteiger partial charge >= 0.3 is 5.97 Å². The van der Waals surface area contributed by atoms with Crippen LogP contribution in [0.25, 0.3) is 0 Å². The quantitative estimate of drug-likeness (QED) is 0.876. The maximum absolute atomic E-state index is 12.2. The highest BCUT2D eigenvalue weighted by molar-refractivity contribution is 5.87. The Bertz CT molecular complexity index is 759. The average Bonchev–Trinajstić information content (AvgIpc) is 2.61. The van der Waals surface area contributed by atoms with Crippen molar-refractivity contribution in [1.82, 2.24) is 5.32 Å². The Morgan fingerprint density at radius 2 is 1.92 bits per heavy atom. The van der Waals surface area contributed by atoms with Crippen molar-refractivity contribution in [3.63, 3.8) is 0 Å². The molecule has 1 heterocycles. The normalized spacial score (nSPS) is 15.6. The summed E-state index contributed by atoms with van der Waals surface area (Å²) in [6.45, 7) is 0.556. The Labute approximate surface area is 139 Å². The number of fused-ring (bicyclic) bond motifs is 1. The monoisotopic (exact) mass is 327 g/mol.